The van der Waals surface area contributed by atoms with Crippen molar-refractivity contribution in [1.82, 2.24) is 4.98 Å². The van der Waals surface area contributed by atoms with E-state index < -0.39 is 5.60 Å². The first-order chi connectivity index (χ1) is 7.49. The van der Waals surface area contributed by atoms with Crippen LogP contribution in [0.5, 0.6) is 5.75 Å². The quantitative estimate of drug-likeness (QED) is 0.834. The molecule has 0 spiro atoms. The third-order valence-electron chi connectivity index (χ3n) is 3.89. The topological polar surface area (TPSA) is 42.4 Å². The average Bonchev–Trinajstić information content (AvgIpc) is 2.55. The summed E-state index contributed by atoms with van der Waals surface area (Å²) in [5, 5.41) is 10.8. The Bertz CT molecular complexity index is 389. The SMILES string of the molecule is COc1cncc(C2(O)CCCC2(C)C)c1. The number of hydrogen-bond acceptors (Lipinski definition) is 3. The molecule has 0 saturated heterocycles. The van der Waals surface area contributed by atoms with Crippen LogP contribution in [0.15, 0.2) is 18.5 Å². The van der Waals surface area contributed by atoms with Crippen molar-refractivity contribution in [2.24, 2.45) is 5.41 Å². The Morgan fingerprint density at radius 3 is 2.62 bits per heavy atom. The van der Waals surface area contributed by atoms with Gasteiger partial charge >= 0.3 is 0 Å². The molecule has 16 heavy (non-hydrogen) atoms. The molecule has 1 saturated carbocycles. The zero-order valence-electron chi connectivity index (χ0n) is 10.2. The van der Waals surface area contributed by atoms with Crippen molar-refractivity contribution < 1.29 is 9.84 Å². The fourth-order valence-electron chi connectivity index (χ4n) is 2.62. The molecular weight excluding hydrogens is 202 g/mol. The van der Waals surface area contributed by atoms with Crippen molar-refractivity contribution in [3.63, 3.8) is 0 Å². The van der Waals surface area contributed by atoms with E-state index in [1.807, 2.05) is 6.07 Å². The number of aliphatic hydroxyl groups is 1. The monoisotopic (exact) mass is 221 g/mol. The van der Waals surface area contributed by atoms with Gasteiger partial charge < -0.3 is 9.84 Å². The Labute approximate surface area is 96.5 Å². The molecule has 0 aliphatic heterocycles. The van der Waals surface area contributed by atoms with E-state index in [1.165, 1.54) is 0 Å². The average molecular weight is 221 g/mol. The molecule has 88 valence electrons. The molecular formula is C13H19NO2. The summed E-state index contributed by atoms with van der Waals surface area (Å²) in [4.78, 5) is 4.13. The van der Waals surface area contributed by atoms with Crippen LogP contribution in [0.4, 0.5) is 0 Å². The Morgan fingerprint density at radius 2 is 2.06 bits per heavy atom. The summed E-state index contributed by atoms with van der Waals surface area (Å²) in [7, 11) is 1.62. The molecule has 0 radical (unpaired) electrons. The maximum Gasteiger partial charge on any atom is 0.137 e. The Balaban J connectivity index is 2.42. The van der Waals surface area contributed by atoms with Crippen molar-refractivity contribution in [2.75, 3.05) is 7.11 Å². The third kappa shape index (κ3) is 1.59. The maximum absolute atomic E-state index is 10.8. The molecule has 1 atom stereocenters. The van der Waals surface area contributed by atoms with Gasteiger partial charge in [0.05, 0.1) is 18.9 Å². The lowest BCUT2D eigenvalue weighted by Gasteiger charge is -2.37. The van der Waals surface area contributed by atoms with Gasteiger partial charge in [-0.3, -0.25) is 4.98 Å². The van der Waals surface area contributed by atoms with Crippen molar-refractivity contribution in [1.29, 1.82) is 0 Å². The second-order valence-electron chi connectivity index (χ2n) is 5.21. The molecule has 1 N–H and O–H groups in total. The van der Waals surface area contributed by atoms with Gasteiger partial charge in [-0.2, -0.15) is 0 Å². The van der Waals surface area contributed by atoms with E-state index in [-0.39, 0.29) is 5.41 Å². The third-order valence-corrected chi connectivity index (χ3v) is 3.89. The van der Waals surface area contributed by atoms with Crippen LogP contribution in [-0.2, 0) is 5.60 Å². The number of aromatic nitrogens is 1. The van der Waals surface area contributed by atoms with Gasteiger partial charge in [-0.15, -0.1) is 0 Å². The van der Waals surface area contributed by atoms with E-state index in [0.29, 0.717) is 5.75 Å². The minimum atomic E-state index is -0.769. The van der Waals surface area contributed by atoms with Crippen LogP contribution in [0.1, 0.15) is 38.7 Å². The number of pyridine rings is 1. The summed E-state index contributed by atoms with van der Waals surface area (Å²) in [5.41, 5.74) is 0.00428. The molecule has 1 aromatic heterocycles. The lowest BCUT2D eigenvalue weighted by molar-refractivity contribution is -0.0489. The molecule has 0 aromatic carbocycles. The van der Waals surface area contributed by atoms with Crippen molar-refractivity contribution in [3.05, 3.63) is 24.0 Å². The van der Waals surface area contributed by atoms with Crippen molar-refractivity contribution in [2.45, 2.75) is 38.7 Å². The van der Waals surface area contributed by atoms with Gasteiger partial charge in [0.1, 0.15) is 5.75 Å². The first-order valence-electron chi connectivity index (χ1n) is 5.71. The molecule has 3 nitrogen and oxygen atoms in total. The number of hydrogen-bond donors (Lipinski definition) is 1. The molecule has 1 fully saturated rings. The van der Waals surface area contributed by atoms with Crippen LogP contribution < -0.4 is 4.74 Å². The molecule has 0 bridgehead atoms. The van der Waals surface area contributed by atoms with Gasteiger partial charge in [0.2, 0.25) is 0 Å². The predicted octanol–water partition coefficient (Wildman–Crippen LogP) is 2.49. The Hall–Kier alpha value is -1.09. The summed E-state index contributed by atoms with van der Waals surface area (Å²) < 4.78 is 5.15. The number of nitrogens with zero attached hydrogens (tertiary/aromatic N) is 1. The fraction of sp³-hybridized carbons (Fsp3) is 0.615. The van der Waals surface area contributed by atoms with Gasteiger partial charge in [-0.1, -0.05) is 13.8 Å². The summed E-state index contributed by atoms with van der Waals surface area (Å²) in [6.45, 7) is 4.22. The van der Waals surface area contributed by atoms with Crippen LogP contribution in [-0.4, -0.2) is 17.2 Å². The number of methoxy groups -OCH3 is 1. The zero-order valence-corrected chi connectivity index (χ0v) is 10.2. The van der Waals surface area contributed by atoms with Gasteiger partial charge in [0.25, 0.3) is 0 Å². The van der Waals surface area contributed by atoms with Gasteiger partial charge in [-0.25, -0.2) is 0 Å². The summed E-state index contributed by atoms with van der Waals surface area (Å²) in [6.07, 6.45) is 6.31. The minimum Gasteiger partial charge on any atom is -0.495 e. The van der Waals surface area contributed by atoms with Crippen LogP contribution in [0.2, 0.25) is 0 Å². The van der Waals surface area contributed by atoms with E-state index in [9.17, 15) is 5.11 Å². The minimum absolute atomic E-state index is 0.0962. The highest BCUT2D eigenvalue weighted by atomic mass is 16.5. The molecule has 0 amide bonds. The van der Waals surface area contributed by atoms with Crippen LogP contribution in [0, 0.1) is 5.41 Å². The summed E-state index contributed by atoms with van der Waals surface area (Å²) in [5.74, 6) is 0.702. The van der Waals surface area contributed by atoms with Crippen molar-refractivity contribution in [3.8, 4) is 5.75 Å². The summed E-state index contributed by atoms with van der Waals surface area (Å²) in [6, 6.07) is 1.89. The fourth-order valence-corrected chi connectivity index (χ4v) is 2.62. The molecule has 1 aliphatic rings. The molecule has 2 rings (SSSR count). The van der Waals surface area contributed by atoms with E-state index in [4.69, 9.17) is 4.74 Å². The normalized spacial score (nSPS) is 28.0. The highest BCUT2D eigenvalue weighted by molar-refractivity contribution is 5.30. The van der Waals surface area contributed by atoms with Crippen LogP contribution >= 0.6 is 0 Å². The first kappa shape index (κ1) is 11.4. The predicted molar refractivity (Wildman–Crippen MR) is 62.3 cm³/mol. The zero-order chi connectivity index (χ0) is 11.8. The molecule has 1 aromatic rings. The second-order valence-corrected chi connectivity index (χ2v) is 5.21. The lowest BCUT2D eigenvalue weighted by Crippen LogP contribution is -2.37. The van der Waals surface area contributed by atoms with Gasteiger partial charge in [0, 0.05) is 11.8 Å². The largest absolute Gasteiger partial charge is 0.495 e. The van der Waals surface area contributed by atoms with Gasteiger partial charge in [0.15, 0.2) is 0 Å². The van der Waals surface area contributed by atoms with E-state index in [0.717, 1.165) is 24.8 Å². The molecule has 1 aliphatic carbocycles. The number of rotatable bonds is 2. The van der Waals surface area contributed by atoms with E-state index in [2.05, 4.69) is 18.8 Å². The Kier molecular flexibility index (Phi) is 2.66. The first-order valence-corrected chi connectivity index (χ1v) is 5.71. The second kappa shape index (κ2) is 3.74. The molecule has 3 heteroatoms. The lowest BCUT2D eigenvalue weighted by atomic mass is 9.74. The highest BCUT2D eigenvalue weighted by Crippen LogP contribution is 2.52. The highest BCUT2D eigenvalue weighted by Gasteiger charge is 2.48. The number of ether oxygens (including phenoxy) is 1. The molecule has 1 unspecified atom stereocenters. The van der Waals surface area contributed by atoms with Crippen molar-refractivity contribution >= 4 is 0 Å². The van der Waals surface area contributed by atoms with Gasteiger partial charge in [-0.05, 0) is 30.7 Å². The summed E-state index contributed by atoms with van der Waals surface area (Å²) >= 11 is 0. The van der Waals surface area contributed by atoms with Crippen LogP contribution in [0.25, 0.3) is 0 Å². The smallest absolute Gasteiger partial charge is 0.137 e. The van der Waals surface area contributed by atoms with E-state index >= 15 is 0 Å². The molecule has 1 heterocycles. The Morgan fingerprint density at radius 1 is 1.31 bits per heavy atom. The standard InChI is InChI=1S/C13H19NO2/c1-12(2)5-4-6-13(12,15)10-7-11(16-3)9-14-8-10/h7-9,15H,4-6H2,1-3H3. The van der Waals surface area contributed by atoms with E-state index in [1.54, 1.807) is 19.5 Å². The maximum atomic E-state index is 10.8. The van der Waals surface area contributed by atoms with Crippen LogP contribution in [0.3, 0.4) is 0 Å².